The molecule has 2 aromatic rings. The van der Waals surface area contributed by atoms with Crippen LogP contribution in [0.15, 0.2) is 43.7 Å². The highest BCUT2D eigenvalue weighted by Gasteiger charge is 2.34. The summed E-state index contributed by atoms with van der Waals surface area (Å²) in [5.74, 6) is 0.308. The number of hydrogen-bond acceptors (Lipinski definition) is 6. The molecule has 0 fully saturated rings. The minimum absolute atomic E-state index is 0.111. The summed E-state index contributed by atoms with van der Waals surface area (Å²) >= 11 is 3.42. The summed E-state index contributed by atoms with van der Waals surface area (Å²) in [6.45, 7) is 0. The Morgan fingerprint density at radius 1 is 1.31 bits per heavy atom. The molecule has 0 saturated heterocycles. The summed E-state index contributed by atoms with van der Waals surface area (Å²) in [4.78, 5) is 25.1. The molecule has 134 valence electrons. The van der Waals surface area contributed by atoms with Crippen molar-refractivity contribution in [3.05, 3.63) is 66.0 Å². The molecule has 9 heteroatoms. The number of ether oxygens (including phenoxy) is 1. The van der Waals surface area contributed by atoms with Crippen molar-refractivity contribution < 1.29 is 4.74 Å². The van der Waals surface area contributed by atoms with Gasteiger partial charge in [-0.15, -0.1) is 0 Å². The van der Waals surface area contributed by atoms with Crippen LogP contribution in [0.2, 0.25) is 0 Å². The van der Waals surface area contributed by atoms with Crippen LogP contribution in [0.4, 0.5) is 5.82 Å². The van der Waals surface area contributed by atoms with Gasteiger partial charge in [0.25, 0.3) is 5.56 Å². The number of rotatable bonds is 2. The number of anilines is 1. The van der Waals surface area contributed by atoms with Gasteiger partial charge >= 0.3 is 5.69 Å². The minimum atomic E-state index is -0.705. The van der Waals surface area contributed by atoms with E-state index in [1.165, 1.54) is 11.6 Å². The zero-order chi connectivity index (χ0) is 19.2. The van der Waals surface area contributed by atoms with Gasteiger partial charge in [-0.3, -0.25) is 13.9 Å². The number of nitrogens with zero attached hydrogens (tertiary/aromatic N) is 3. The van der Waals surface area contributed by atoms with Crippen LogP contribution in [0.1, 0.15) is 17.0 Å². The monoisotopic (exact) mass is 417 g/mol. The highest BCUT2D eigenvalue weighted by Crippen LogP contribution is 2.40. The highest BCUT2D eigenvalue weighted by atomic mass is 79.9. The Bertz CT molecular complexity index is 1110. The van der Waals surface area contributed by atoms with E-state index >= 15 is 0 Å². The molecule has 0 bridgehead atoms. The van der Waals surface area contributed by atoms with E-state index in [0.717, 1.165) is 4.57 Å². The predicted molar refractivity (Wildman–Crippen MR) is 99.9 cm³/mol. The summed E-state index contributed by atoms with van der Waals surface area (Å²) in [6, 6.07) is 7.35. The molecule has 0 amide bonds. The first-order valence-corrected chi connectivity index (χ1v) is 8.41. The minimum Gasteiger partial charge on any atom is -0.496 e. The van der Waals surface area contributed by atoms with Crippen molar-refractivity contribution in [2.45, 2.75) is 5.92 Å². The maximum absolute atomic E-state index is 12.8. The van der Waals surface area contributed by atoms with E-state index in [4.69, 9.17) is 10.5 Å². The lowest BCUT2D eigenvalue weighted by Gasteiger charge is -2.28. The van der Waals surface area contributed by atoms with Gasteiger partial charge in [-0.05, 0) is 33.6 Å². The molecule has 0 saturated carbocycles. The van der Waals surface area contributed by atoms with Crippen LogP contribution in [0.5, 0.6) is 5.75 Å². The molecule has 26 heavy (non-hydrogen) atoms. The molecule has 3 rings (SSSR count). The van der Waals surface area contributed by atoms with Gasteiger partial charge < -0.3 is 15.8 Å². The summed E-state index contributed by atoms with van der Waals surface area (Å²) in [5, 5.41) is 12.5. The third-order valence-corrected chi connectivity index (χ3v) is 5.07. The van der Waals surface area contributed by atoms with Gasteiger partial charge in [0.05, 0.1) is 34.7 Å². The lowest BCUT2D eigenvalue weighted by atomic mass is 9.84. The molecule has 3 N–H and O–H groups in total. The van der Waals surface area contributed by atoms with Crippen molar-refractivity contribution in [2.24, 2.45) is 19.8 Å². The molecule has 1 aromatic carbocycles. The number of halogens is 1. The Morgan fingerprint density at radius 2 is 2.00 bits per heavy atom. The van der Waals surface area contributed by atoms with Crippen LogP contribution in [0, 0.1) is 11.3 Å². The number of nitrogens with two attached hydrogens (primary N) is 1. The average molecular weight is 418 g/mol. The smallest absolute Gasteiger partial charge is 0.332 e. The van der Waals surface area contributed by atoms with Crippen molar-refractivity contribution in [2.75, 3.05) is 12.4 Å². The Balaban J connectivity index is 2.39. The van der Waals surface area contributed by atoms with Crippen molar-refractivity contribution in [1.82, 2.24) is 9.13 Å². The number of methoxy groups -OCH3 is 1. The lowest BCUT2D eigenvalue weighted by Crippen LogP contribution is -2.43. The van der Waals surface area contributed by atoms with Crippen molar-refractivity contribution in [3.8, 4) is 11.8 Å². The Kier molecular flexibility index (Phi) is 4.38. The fraction of sp³-hybridized carbons (Fsp3) is 0.235. The Hall–Kier alpha value is -2.99. The number of benzene rings is 1. The van der Waals surface area contributed by atoms with E-state index < -0.39 is 17.2 Å². The second-order valence-electron chi connectivity index (χ2n) is 5.86. The average Bonchev–Trinajstić information content (AvgIpc) is 2.63. The first kappa shape index (κ1) is 17.8. The van der Waals surface area contributed by atoms with Gasteiger partial charge in [0.15, 0.2) is 0 Å². The summed E-state index contributed by atoms with van der Waals surface area (Å²) < 4.78 is 8.24. The predicted octanol–water partition coefficient (Wildman–Crippen LogP) is 1.11. The van der Waals surface area contributed by atoms with Crippen LogP contribution in [-0.2, 0) is 14.1 Å². The number of nitrogens with one attached hydrogen (secondary N) is 1. The van der Waals surface area contributed by atoms with Crippen molar-refractivity contribution in [1.29, 1.82) is 5.26 Å². The van der Waals surface area contributed by atoms with Gasteiger partial charge in [0.2, 0.25) is 0 Å². The molecule has 1 aliphatic heterocycles. The van der Waals surface area contributed by atoms with Crippen LogP contribution < -0.4 is 27.0 Å². The second-order valence-corrected chi connectivity index (χ2v) is 6.71. The lowest BCUT2D eigenvalue weighted by molar-refractivity contribution is 0.412. The second kappa shape index (κ2) is 6.38. The van der Waals surface area contributed by atoms with E-state index in [0.29, 0.717) is 15.8 Å². The number of aromatic nitrogens is 2. The van der Waals surface area contributed by atoms with Gasteiger partial charge in [0.1, 0.15) is 17.4 Å². The first-order valence-electron chi connectivity index (χ1n) is 7.61. The molecule has 1 atom stereocenters. The van der Waals surface area contributed by atoms with E-state index in [1.54, 1.807) is 32.4 Å². The third kappa shape index (κ3) is 2.50. The van der Waals surface area contributed by atoms with Crippen LogP contribution in [0.25, 0.3) is 0 Å². The molecule has 1 aliphatic rings. The van der Waals surface area contributed by atoms with Gasteiger partial charge in [0, 0.05) is 14.1 Å². The van der Waals surface area contributed by atoms with Crippen LogP contribution in [0.3, 0.4) is 0 Å². The number of allylic oxidation sites excluding steroid dienone is 1. The zero-order valence-corrected chi connectivity index (χ0v) is 15.9. The largest absolute Gasteiger partial charge is 0.496 e. The molecule has 8 nitrogen and oxygen atoms in total. The molecule has 1 aromatic heterocycles. The zero-order valence-electron chi connectivity index (χ0n) is 14.3. The maximum atomic E-state index is 12.8. The highest BCUT2D eigenvalue weighted by molar-refractivity contribution is 9.10. The SMILES string of the molecule is COc1ccc([C@H]2C(C#N)=C(N)Nc3c2c(=O)n(C)c(=O)n3C)cc1Br. The van der Waals surface area contributed by atoms with Gasteiger partial charge in [-0.1, -0.05) is 6.07 Å². The topological polar surface area (TPSA) is 115 Å². The summed E-state index contributed by atoms with van der Waals surface area (Å²) in [5.41, 5.74) is 6.24. The number of hydrogen-bond donors (Lipinski definition) is 2. The molecule has 2 heterocycles. The molecule has 0 radical (unpaired) electrons. The van der Waals surface area contributed by atoms with E-state index in [-0.39, 0.29) is 22.8 Å². The molecule has 0 aliphatic carbocycles. The molecule has 0 spiro atoms. The first-order chi connectivity index (χ1) is 12.3. The van der Waals surface area contributed by atoms with Crippen LogP contribution in [-0.4, -0.2) is 16.2 Å². The Morgan fingerprint density at radius 3 is 2.58 bits per heavy atom. The van der Waals surface area contributed by atoms with E-state index in [2.05, 4.69) is 27.3 Å². The fourth-order valence-electron chi connectivity index (χ4n) is 3.10. The molecule has 0 unspecified atom stereocenters. The quantitative estimate of drug-likeness (QED) is 0.755. The summed E-state index contributed by atoms with van der Waals surface area (Å²) in [6.07, 6.45) is 0. The molecular formula is C17H16BrN5O3. The van der Waals surface area contributed by atoms with Gasteiger partial charge in [-0.2, -0.15) is 5.26 Å². The van der Waals surface area contributed by atoms with E-state index in [9.17, 15) is 14.9 Å². The standard InChI is InChI=1S/C17H16BrN5O3/c1-22-15-13(16(24)23(2)17(22)25)12(9(7-19)14(20)21-15)8-4-5-11(26-3)10(18)6-8/h4-6,12,21H,20H2,1-3H3/t12-/m0/s1. The normalized spacial score (nSPS) is 15.9. The van der Waals surface area contributed by atoms with Gasteiger partial charge in [-0.25, -0.2) is 4.79 Å². The Labute approximate surface area is 157 Å². The molecular weight excluding hydrogens is 402 g/mol. The number of nitriles is 1. The third-order valence-electron chi connectivity index (χ3n) is 4.45. The summed E-state index contributed by atoms with van der Waals surface area (Å²) in [7, 11) is 4.49. The van der Waals surface area contributed by atoms with Crippen molar-refractivity contribution in [3.63, 3.8) is 0 Å². The van der Waals surface area contributed by atoms with Crippen LogP contribution >= 0.6 is 15.9 Å². The fourth-order valence-corrected chi connectivity index (χ4v) is 3.65. The van der Waals surface area contributed by atoms with E-state index in [1.807, 2.05) is 0 Å². The maximum Gasteiger partial charge on any atom is 0.332 e. The number of fused-ring (bicyclic) bond motifs is 1. The van der Waals surface area contributed by atoms with Crippen molar-refractivity contribution >= 4 is 21.7 Å².